The van der Waals surface area contributed by atoms with Gasteiger partial charge < -0.3 is 10.2 Å². The topological polar surface area (TPSA) is 49.4 Å². The molecule has 1 heterocycles. The first-order chi connectivity index (χ1) is 11.0. The molecule has 1 atom stereocenters. The van der Waals surface area contributed by atoms with E-state index in [9.17, 15) is 9.59 Å². The fourth-order valence-electron chi connectivity index (χ4n) is 2.75. The van der Waals surface area contributed by atoms with Gasteiger partial charge in [-0.25, -0.2) is 0 Å². The molecule has 3 rings (SSSR count). The number of rotatable bonds is 3. The molecule has 0 bridgehead atoms. The summed E-state index contributed by atoms with van der Waals surface area (Å²) in [5, 5.41) is 2.90. The highest BCUT2D eigenvalue weighted by Gasteiger charge is 2.35. The first-order valence-corrected chi connectivity index (χ1v) is 8.26. The first kappa shape index (κ1) is 15.7. The van der Waals surface area contributed by atoms with Crippen molar-refractivity contribution < 1.29 is 9.59 Å². The molecule has 1 fully saturated rings. The Kier molecular flexibility index (Phi) is 4.48. The minimum absolute atomic E-state index is 0.0266. The van der Waals surface area contributed by atoms with E-state index in [0.717, 1.165) is 21.4 Å². The zero-order valence-electron chi connectivity index (χ0n) is 12.8. The molecule has 1 aliphatic rings. The van der Waals surface area contributed by atoms with Crippen molar-refractivity contribution in [2.24, 2.45) is 5.92 Å². The summed E-state index contributed by atoms with van der Waals surface area (Å²) in [6, 6.07) is 15.2. The number of carbonyl (C=O) groups excluding carboxylic acids is 2. The van der Waals surface area contributed by atoms with E-state index < -0.39 is 0 Å². The van der Waals surface area contributed by atoms with Gasteiger partial charge >= 0.3 is 0 Å². The van der Waals surface area contributed by atoms with Crippen LogP contribution in [0.15, 0.2) is 53.0 Å². The van der Waals surface area contributed by atoms with E-state index in [4.69, 9.17) is 0 Å². The lowest BCUT2D eigenvalue weighted by molar-refractivity contribution is -0.122. The molecule has 2 aromatic carbocycles. The maximum Gasteiger partial charge on any atom is 0.229 e. The molecule has 0 radical (unpaired) electrons. The molecule has 2 amide bonds. The van der Waals surface area contributed by atoms with Crippen LogP contribution in [-0.2, 0) is 9.59 Å². The fourth-order valence-corrected chi connectivity index (χ4v) is 3.25. The lowest BCUT2D eigenvalue weighted by atomic mass is 10.1. The zero-order chi connectivity index (χ0) is 16.4. The molecule has 1 aliphatic heterocycles. The van der Waals surface area contributed by atoms with Crippen molar-refractivity contribution in [2.75, 3.05) is 16.8 Å². The van der Waals surface area contributed by atoms with Crippen LogP contribution < -0.4 is 10.2 Å². The molecular weight excluding hydrogens is 356 g/mol. The van der Waals surface area contributed by atoms with Crippen LogP contribution in [0.5, 0.6) is 0 Å². The summed E-state index contributed by atoms with van der Waals surface area (Å²) in [7, 11) is 0. The van der Waals surface area contributed by atoms with E-state index in [2.05, 4.69) is 21.2 Å². The average Bonchev–Trinajstić information content (AvgIpc) is 2.90. The monoisotopic (exact) mass is 372 g/mol. The summed E-state index contributed by atoms with van der Waals surface area (Å²) < 4.78 is 0.855. The molecule has 1 saturated heterocycles. The van der Waals surface area contributed by atoms with E-state index in [-0.39, 0.29) is 24.2 Å². The predicted octanol–water partition coefficient (Wildman–Crippen LogP) is 3.75. The largest absolute Gasteiger partial charge is 0.326 e. The highest BCUT2D eigenvalue weighted by molar-refractivity contribution is 9.10. The van der Waals surface area contributed by atoms with Gasteiger partial charge in [-0.1, -0.05) is 24.3 Å². The summed E-state index contributed by atoms with van der Waals surface area (Å²) in [6.07, 6.45) is 0.235. The van der Waals surface area contributed by atoms with Gasteiger partial charge in [0, 0.05) is 23.1 Å². The molecule has 0 saturated carbocycles. The summed E-state index contributed by atoms with van der Waals surface area (Å²) in [6.45, 7) is 2.38. The van der Waals surface area contributed by atoms with Gasteiger partial charge in [0.1, 0.15) is 0 Å². The Hall–Kier alpha value is -2.14. The van der Waals surface area contributed by atoms with Gasteiger partial charge in [0.25, 0.3) is 0 Å². The van der Waals surface area contributed by atoms with Crippen molar-refractivity contribution in [1.29, 1.82) is 0 Å². The van der Waals surface area contributed by atoms with E-state index >= 15 is 0 Å². The zero-order valence-corrected chi connectivity index (χ0v) is 14.3. The summed E-state index contributed by atoms with van der Waals surface area (Å²) >= 11 is 3.46. The molecule has 1 N–H and O–H groups in total. The molecule has 4 nitrogen and oxygen atoms in total. The maximum atomic E-state index is 12.4. The summed E-state index contributed by atoms with van der Waals surface area (Å²) in [5.41, 5.74) is 2.66. The van der Waals surface area contributed by atoms with Crippen molar-refractivity contribution in [2.45, 2.75) is 13.3 Å². The number of para-hydroxylation sites is 1. The molecule has 23 heavy (non-hydrogen) atoms. The normalized spacial score (nSPS) is 17.4. The lowest BCUT2D eigenvalue weighted by Gasteiger charge is -2.18. The van der Waals surface area contributed by atoms with Gasteiger partial charge in [-0.05, 0) is 52.7 Å². The Balaban J connectivity index is 1.72. The van der Waals surface area contributed by atoms with Crippen molar-refractivity contribution >= 4 is 39.1 Å². The van der Waals surface area contributed by atoms with Gasteiger partial charge in [0.15, 0.2) is 0 Å². The van der Waals surface area contributed by atoms with Crippen LogP contribution in [0.2, 0.25) is 0 Å². The Morgan fingerprint density at radius 1 is 1.22 bits per heavy atom. The van der Waals surface area contributed by atoms with Crippen LogP contribution in [0, 0.1) is 12.8 Å². The third kappa shape index (κ3) is 3.45. The number of halogens is 1. The minimum Gasteiger partial charge on any atom is -0.326 e. The number of carbonyl (C=O) groups is 2. The Labute approximate surface area is 143 Å². The van der Waals surface area contributed by atoms with Crippen LogP contribution in [0.4, 0.5) is 11.4 Å². The Morgan fingerprint density at radius 2 is 2.00 bits per heavy atom. The van der Waals surface area contributed by atoms with Crippen LogP contribution >= 0.6 is 15.9 Å². The highest BCUT2D eigenvalue weighted by atomic mass is 79.9. The molecule has 2 aromatic rings. The number of nitrogens with one attached hydrogen (secondary N) is 1. The molecule has 0 spiro atoms. The minimum atomic E-state index is -0.338. The van der Waals surface area contributed by atoms with Crippen LogP contribution in [0.25, 0.3) is 0 Å². The fraction of sp³-hybridized carbons (Fsp3) is 0.222. The second-order valence-electron chi connectivity index (χ2n) is 5.72. The van der Waals surface area contributed by atoms with E-state index in [1.807, 2.05) is 55.5 Å². The highest BCUT2D eigenvalue weighted by Crippen LogP contribution is 2.31. The number of hydrogen-bond acceptors (Lipinski definition) is 2. The third-order valence-corrected chi connectivity index (χ3v) is 4.60. The molecular formula is C18H17BrN2O2. The molecule has 1 unspecified atom stereocenters. The van der Waals surface area contributed by atoms with E-state index in [1.54, 1.807) is 4.90 Å². The Morgan fingerprint density at radius 3 is 2.74 bits per heavy atom. The molecule has 0 aromatic heterocycles. The van der Waals surface area contributed by atoms with Gasteiger partial charge in [0.2, 0.25) is 11.8 Å². The number of benzene rings is 2. The summed E-state index contributed by atoms with van der Waals surface area (Å²) in [5.74, 6) is -0.477. The van der Waals surface area contributed by atoms with E-state index in [0.29, 0.717) is 6.54 Å². The Bertz CT molecular complexity index is 760. The number of amides is 2. The average molecular weight is 373 g/mol. The second-order valence-corrected chi connectivity index (χ2v) is 6.57. The molecule has 118 valence electrons. The second kappa shape index (κ2) is 6.54. The number of nitrogens with zero attached hydrogens (tertiary/aromatic N) is 1. The van der Waals surface area contributed by atoms with Crippen molar-refractivity contribution in [1.82, 2.24) is 0 Å². The molecule has 0 aliphatic carbocycles. The smallest absolute Gasteiger partial charge is 0.229 e. The maximum absolute atomic E-state index is 12.4. The van der Waals surface area contributed by atoms with Crippen molar-refractivity contribution in [3.05, 3.63) is 58.6 Å². The quantitative estimate of drug-likeness (QED) is 0.891. The van der Waals surface area contributed by atoms with Crippen LogP contribution in [0.1, 0.15) is 12.0 Å². The number of hydrogen-bond donors (Lipinski definition) is 1. The lowest BCUT2D eigenvalue weighted by Crippen LogP contribution is -2.28. The van der Waals surface area contributed by atoms with Gasteiger partial charge in [-0.15, -0.1) is 0 Å². The van der Waals surface area contributed by atoms with E-state index in [1.165, 1.54) is 0 Å². The molecule has 5 heteroatoms. The van der Waals surface area contributed by atoms with Gasteiger partial charge in [-0.2, -0.15) is 0 Å². The SMILES string of the molecule is Cc1cccc(NC(=O)C2CC(=O)N(c3ccccc3Br)C2)c1. The van der Waals surface area contributed by atoms with Gasteiger partial charge in [-0.3, -0.25) is 9.59 Å². The van der Waals surface area contributed by atoms with Crippen molar-refractivity contribution in [3.8, 4) is 0 Å². The van der Waals surface area contributed by atoms with Gasteiger partial charge in [0.05, 0.1) is 11.6 Å². The standard InChI is InChI=1S/C18H17BrN2O2/c1-12-5-4-6-14(9-12)20-18(23)13-10-17(22)21(11-13)16-8-3-2-7-15(16)19/h2-9,13H,10-11H2,1H3,(H,20,23). The van der Waals surface area contributed by atoms with Crippen molar-refractivity contribution in [3.63, 3.8) is 0 Å². The predicted molar refractivity (Wildman–Crippen MR) is 94.4 cm³/mol. The number of anilines is 2. The van der Waals surface area contributed by atoms with Crippen LogP contribution in [0.3, 0.4) is 0 Å². The first-order valence-electron chi connectivity index (χ1n) is 7.47. The number of aryl methyl sites for hydroxylation is 1. The third-order valence-electron chi connectivity index (χ3n) is 3.92. The summed E-state index contributed by atoms with van der Waals surface area (Å²) in [4.78, 5) is 26.4. The van der Waals surface area contributed by atoms with Crippen LogP contribution in [-0.4, -0.2) is 18.4 Å².